The standard InChI is InChI=1S/C12H17BrN4S/c1-18-5-3-2-4-14-6-10-7-16-12-8-15-11(13)9-17(10)12/h7-9,14H,2-6H2,1H3. The summed E-state index contributed by atoms with van der Waals surface area (Å²) in [5, 5.41) is 3.45. The number of nitrogens with zero attached hydrogens (tertiary/aromatic N) is 3. The second-order valence-electron chi connectivity index (χ2n) is 4.06. The van der Waals surface area contributed by atoms with Gasteiger partial charge >= 0.3 is 0 Å². The highest BCUT2D eigenvalue weighted by Gasteiger charge is 2.03. The van der Waals surface area contributed by atoms with Crippen molar-refractivity contribution in [3.63, 3.8) is 0 Å². The molecule has 6 heteroatoms. The van der Waals surface area contributed by atoms with E-state index in [0.717, 1.165) is 29.0 Å². The molecule has 2 aromatic heterocycles. The average Bonchev–Trinajstić information content (AvgIpc) is 2.76. The first-order chi connectivity index (χ1) is 8.81. The fourth-order valence-corrected chi connectivity index (χ4v) is 2.56. The van der Waals surface area contributed by atoms with Crippen LogP contribution >= 0.6 is 27.7 Å². The quantitative estimate of drug-likeness (QED) is 0.793. The zero-order valence-corrected chi connectivity index (χ0v) is 12.8. The maximum absolute atomic E-state index is 4.32. The van der Waals surface area contributed by atoms with E-state index in [-0.39, 0.29) is 0 Å². The van der Waals surface area contributed by atoms with Crippen molar-refractivity contribution in [1.82, 2.24) is 19.7 Å². The fourth-order valence-electron chi connectivity index (χ4n) is 1.76. The Morgan fingerprint density at radius 3 is 3.06 bits per heavy atom. The average molecular weight is 329 g/mol. The molecule has 0 unspecified atom stereocenters. The van der Waals surface area contributed by atoms with E-state index in [1.165, 1.54) is 18.6 Å². The molecular weight excluding hydrogens is 312 g/mol. The summed E-state index contributed by atoms with van der Waals surface area (Å²) < 4.78 is 2.89. The Bertz CT molecular complexity index is 500. The summed E-state index contributed by atoms with van der Waals surface area (Å²) in [5.41, 5.74) is 2.05. The molecule has 0 aliphatic heterocycles. The molecule has 2 rings (SSSR count). The van der Waals surface area contributed by atoms with E-state index in [0.29, 0.717) is 0 Å². The molecule has 0 aliphatic carbocycles. The molecule has 0 spiro atoms. The first-order valence-corrected chi connectivity index (χ1v) is 8.17. The van der Waals surface area contributed by atoms with Crippen LogP contribution in [0.1, 0.15) is 18.5 Å². The van der Waals surface area contributed by atoms with E-state index >= 15 is 0 Å². The van der Waals surface area contributed by atoms with E-state index in [1.807, 2.05) is 24.2 Å². The van der Waals surface area contributed by atoms with E-state index in [9.17, 15) is 0 Å². The van der Waals surface area contributed by atoms with Crippen LogP contribution in [-0.2, 0) is 6.54 Å². The number of fused-ring (bicyclic) bond motifs is 1. The van der Waals surface area contributed by atoms with Crippen LogP contribution in [0.5, 0.6) is 0 Å². The summed E-state index contributed by atoms with van der Waals surface area (Å²) in [6.45, 7) is 1.90. The summed E-state index contributed by atoms with van der Waals surface area (Å²) in [7, 11) is 0. The Morgan fingerprint density at radius 2 is 2.22 bits per heavy atom. The Labute approximate surface area is 120 Å². The summed E-state index contributed by atoms with van der Waals surface area (Å²) in [6.07, 6.45) is 10.3. The lowest BCUT2D eigenvalue weighted by Crippen LogP contribution is -2.16. The lowest BCUT2D eigenvalue weighted by Gasteiger charge is -2.04. The molecule has 0 saturated carbocycles. The first kappa shape index (κ1) is 13.8. The van der Waals surface area contributed by atoms with Crippen LogP contribution < -0.4 is 5.32 Å². The lowest BCUT2D eigenvalue weighted by atomic mass is 10.3. The number of hydrogen-bond acceptors (Lipinski definition) is 4. The van der Waals surface area contributed by atoms with Crippen molar-refractivity contribution >= 4 is 33.3 Å². The SMILES string of the molecule is CSCCCCNCc1cnc2cnc(Br)cn12. The summed E-state index contributed by atoms with van der Waals surface area (Å²) in [5.74, 6) is 1.25. The van der Waals surface area contributed by atoms with Gasteiger partial charge in [-0.05, 0) is 47.3 Å². The monoisotopic (exact) mass is 328 g/mol. The third-order valence-corrected chi connectivity index (χ3v) is 3.81. The normalized spacial score (nSPS) is 11.2. The van der Waals surface area contributed by atoms with Gasteiger partial charge in [0.15, 0.2) is 5.65 Å². The van der Waals surface area contributed by atoms with Crippen LogP contribution in [0.2, 0.25) is 0 Å². The van der Waals surface area contributed by atoms with Crippen LogP contribution in [0.4, 0.5) is 0 Å². The number of thioether (sulfide) groups is 1. The number of unbranched alkanes of at least 4 members (excludes halogenated alkanes) is 1. The van der Waals surface area contributed by atoms with E-state index < -0.39 is 0 Å². The van der Waals surface area contributed by atoms with Gasteiger partial charge in [0, 0.05) is 12.7 Å². The van der Waals surface area contributed by atoms with Gasteiger partial charge < -0.3 is 5.32 Å². The van der Waals surface area contributed by atoms with Crippen molar-refractivity contribution in [3.8, 4) is 0 Å². The first-order valence-electron chi connectivity index (χ1n) is 5.98. The van der Waals surface area contributed by atoms with Gasteiger partial charge in [0.05, 0.1) is 18.1 Å². The van der Waals surface area contributed by atoms with Crippen molar-refractivity contribution < 1.29 is 0 Å². The molecule has 0 bridgehead atoms. The number of halogens is 1. The number of hydrogen-bond donors (Lipinski definition) is 1. The molecule has 2 aromatic rings. The second kappa shape index (κ2) is 7.11. The van der Waals surface area contributed by atoms with Gasteiger partial charge in [-0.1, -0.05) is 0 Å². The third kappa shape index (κ3) is 3.70. The maximum Gasteiger partial charge on any atom is 0.155 e. The molecule has 0 aromatic carbocycles. The van der Waals surface area contributed by atoms with E-state index in [1.54, 1.807) is 6.20 Å². The minimum absolute atomic E-state index is 0.828. The molecule has 18 heavy (non-hydrogen) atoms. The second-order valence-corrected chi connectivity index (χ2v) is 5.86. The van der Waals surface area contributed by atoms with Gasteiger partial charge in [0.25, 0.3) is 0 Å². The van der Waals surface area contributed by atoms with Crippen LogP contribution in [0.25, 0.3) is 5.65 Å². The minimum atomic E-state index is 0.828. The van der Waals surface area contributed by atoms with Gasteiger partial charge in [-0.3, -0.25) is 4.40 Å². The molecule has 0 fully saturated rings. The molecule has 1 N–H and O–H groups in total. The molecular formula is C12H17BrN4S. The summed E-state index contributed by atoms with van der Waals surface area (Å²) in [4.78, 5) is 8.49. The Kier molecular flexibility index (Phi) is 5.46. The maximum atomic E-state index is 4.32. The predicted octanol–water partition coefficient (Wildman–Crippen LogP) is 2.72. The number of nitrogens with one attached hydrogen (secondary N) is 1. The van der Waals surface area contributed by atoms with Crippen LogP contribution in [0, 0.1) is 0 Å². The molecule has 0 atom stereocenters. The molecule has 0 amide bonds. The predicted molar refractivity (Wildman–Crippen MR) is 80.0 cm³/mol. The summed E-state index contributed by atoms with van der Waals surface area (Å²) in [6, 6.07) is 0. The molecule has 4 nitrogen and oxygen atoms in total. The zero-order chi connectivity index (χ0) is 12.8. The van der Waals surface area contributed by atoms with Gasteiger partial charge in [-0.15, -0.1) is 0 Å². The van der Waals surface area contributed by atoms with Gasteiger partial charge in [-0.25, -0.2) is 9.97 Å². The van der Waals surface area contributed by atoms with Crippen LogP contribution in [-0.4, -0.2) is 32.9 Å². The van der Waals surface area contributed by atoms with Crippen molar-refractivity contribution in [1.29, 1.82) is 0 Å². The molecule has 0 aliphatic rings. The molecule has 0 radical (unpaired) electrons. The topological polar surface area (TPSA) is 42.2 Å². The van der Waals surface area contributed by atoms with E-state index in [4.69, 9.17) is 0 Å². The van der Waals surface area contributed by atoms with E-state index in [2.05, 4.69) is 41.9 Å². The minimum Gasteiger partial charge on any atom is -0.311 e. The van der Waals surface area contributed by atoms with Gasteiger partial charge in [0.1, 0.15) is 4.60 Å². The largest absolute Gasteiger partial charge is 0.311 e. The molecule has 2 heterocycles. The highest BCUT2D eigenvalue weighted by molar-refractivity contribution is 9.10. The third-order valence-electron chi connectivity index (χ3n) is 2.70. The molecule has 0 saturated heterocycles. The number of imidazole rings is 1. The van der Waals surface area contributed by atoms with Gasteiger partial charge in [0.2, 0.25) is 0 Å². The summed E-state index contributed by atoms with van der Waals surface area (Å²) >= 11 is 5.29. The van der Waals surface area contributed by atoms with Crippen molar-refractivity contribution in [2.24, 2.45) is 0 Å². The van der Waals surface area contributed by atoms with Crippen LogP contribution in [0.3, 0.4) is 0 Å². The number of rotatable bonds is 7. The van der Waals surface area contributed by atoms with Crippen molar-refractivity contribution in [2.75, 3.05) is 18.6 Å². The van der Waals surface area contributed by atoms with Crippen molar-refractivity contribution in [2.45, 2.75) is 19.4 Å². The Balaban J connectivity index is 1.86. The highest BCUT2D eigenvalue weighted by atomic mass is 79.9. The smallest absolute Gasteiger partial charge is 0.155 e. The van der Waals surface area contributed by atoms with Gasteiger partial charge in [-0.2, -0.15) is 11.8 Å². The van der Waals surface area contributed by atoms with Crippen molar-refractivity contribution in [3.05, 3.63) is 28.9 Å². The van der Waals surface area contributed by atoms with Crippen LogP contribution in [0.15, 0.2) is 23.2 Å². The zero-order valence-electron chi connectivity index (χ0n) is 10.4. The molecule has 98 valence electrons. The lowest BCUT2D eigenvalue weighted by molar-refractivity contribution is 0.633. The highest BCUT2D eigenvalue weighted by Crippen LogP contribution is 2.10. The Hall–Kier alpha value is -0.590. The Morgan fingerprint density at radius 1 is 1.33 bits per heavy atom. The number of aromatic nitrogens is 3. The fraction of sp³-hybridized carbons (Fsp3) is 0.500.